The van der Waals surface area contributed by atoms with E-state index >= 15 is 0 Å². The van der Waals surface area contributed by atoms with Gasteiger partial charge in [0.25, 0.3) is 0 Å². The van der Waals surface area contributed by atoms with Gasteiger partial charge in [0.15, 0.2) is 0 Å². The van der Waals surface area contributed by atoms with E-state index in [1.165, 1.54) is 25.7 Å². The largest absolute Gasteiger partial charge is 0.382 e. The monoisotopic (exact) mass is 462 g/mol. The Bertz CT molecular complexity index is 1040. The third kappa shape index (κ3) is 4.01. The smallest absolute Gasteiger partial charge is 0.230 e. The maximum Gasteiger partial charge on any atom is 0.230 e. The minimum absolute atomic E-state index is 0.187. The molecule has 2 saturated heterocycles. The predicted octanol–water partition coefficient (Wildman–Crippen LogP) is 4.81. The molecule has 2 aliphatic heterocycles. The Morgan fingerprint density at radius 1 is 0.970 bits per heavy atom. The van der Waals surface area contributed by atoms with Crippen molar-refractivity contribution in [2.75, 3.05) is 4.90 Å². The van der Waals surface area contributed by atoms with E-state index in [-0.39, 0.29) is 17.4 Å². The summed E-state index contributed by atoms with van der Waals surface area (Å²) in [7, 11) is 0. The van der Waals surface area contributed by atoms with Crippen LogP contribution in [0.4, 0.5) is 5.82 Å². The molecule has 1 aromatic heterocycles. The molecule has 2 saturated carbocycles. The van der Waals surface area contributed by atoms with Crippen LogP contribution in [0.2, 0.25) is 5.02 Å². The number of carbonyl (C=O) groups is 1. The molecule has 0 spiro atoms. The fourth-order valence-corrected chi connectivity index (χ4v) is 5.93. The summed E-state index contributed by atoms with van der Waals surface area (Å²) in [5.41, 5.74) is 2.77. The number of halogens is 1. The Hall–Kier alpha value is -2.53. The van der Waals surface area contributed by atoms with E-state index in [4.69, 9.17) is 16.6 Å². The fourth-order valence-electron chi connectivity index (χ4n) is 5.81. The highest BCUT2D eigenvalue weighted by Crippen LogP contribution is 2.49. The van der Waals surface area contributed by atoms with E-state index in [0.29, 0.717) is 23.1 Å². The number of aromatic nitrogens is 1. The van der Waals surface area contributed by atoms with Crippen molar-refractivity contribution in [3.63, 3.8) is 0 Å². The first kappa shape index (κ1) is 21.0. The van der Waals surface area contributed by atoms with Crippen LogP contribution in [-0.4, -0.2) is 35.1 Å². The van der Waals surface area contributed by atoms with Crippen LogP contribution in [0.15, 0.2) is 49.2 Å². The van der Waals surface area contributed by atoms with Gasteiger partial charge < -0.3 is 15.5 Å². The molecule has 1 aromatic carbocycles. The van der Waals surface area contributed by atoms with Crippen LogP contribution >= 0.6 is 11.6 Å². The third-order valence-corrected chi connectivity index (χ3v) is 8.22. The summed E-state index contributed by atoms with van der Waals surface area (Å²) in [5.74, 6) is 1.24. The SMILES string of the molecule is C=C(NC1CC1)c1ccc(N2C3CCC2CC(NC(=O)C2(c4ccc(Cl)cc4)CC2)C3)nc1. The molecule has 172 valence electrons. The maximum absolute atomic E-state index is 13.3. The quantitative estimate of drug-likeness (QED) is 0.620. The average Bonchev–Trinajstić information content (AvgIpc) is 3.73. The Morgan fingerprint density at radius 3 is 2.24 bits per heavy atom. The molecule has 1 amide bonds. The average molecular weight is 463 g/mol. The molecule has 4 aliphatic rings. The molecule has 6 heteroatoms. The van der Waals surface area contributed by atoms with Gasteiger partial charge in [0.1, 0.15) is 5.82 Å². The molecule has 2 aliphatic carbocycles. The molecule has 2 N–H and O–H groups in total. The number of fused-ring (bicyclic) bond motifs is 2. The number of hydrogen-bond acceptors (Lipinski definition) is 4. The summed E-state index contributed by atoms with van der Waals surface area (Å²) in [6.45, 7) is 4.17. The van der Waals surface area contributed by atoms with E-state index in [0.717, 1.165) is 48.3 Å². The van der Waals surface area contributed by atoms with Crippen molar-refractivity contribution < 1.29 is 4.79 Å². The van der Waals surface area contributed by atoms with E-state index in [1.54, 1.807) is 0 Å². The summed E-state index contributed by atoms with van der Waals surface area (Å²) in [6, 6.07) is 13.8. The summed E-state index contributed by atoms with van der Waals surface area (Å²) in [6.07, 6.45) is 10.6. The Kier molecular flexibility index (Phi) is 5.13. The molecule has 2 unspecified atom stereocenters. The molecule has 6 rings (SSSR count). The van der Waals surface area contributed by atoms with Crippen LogP contribution < -0.4 is 15.5 Å². The molecule has 4 fully saturated rings. The second-order valence-corrected chi connectivity index (χ2v) is 10.8. The number of carbonyl (C=O) groups excluding carboxylic acids is 1. The fraction of sp³-hybridized carbons (Fsp3) is 0.481. The van der Waals surface area contributed by atoms with Gasteiger partial charge in [0.2, 0.25) is 5.91 Å². The van der Waals surface area contributed by atoms with Crippen LogP contribution in [0.5, 0.6) is 0 Å². The van der Waals surface area contributed by atoms with Gasteiger partial charge in [0.05, 0.1) is 5.41 Å². The van der Waals surface area contributed by atoms with Gasteiger partial charge in [0, 0.05) is 46.6 Å². The molecule has 2 aromatic rings. The van der Waals surface area contributed by atoms with Crippen molar-refractivity contribution in [1.82, 2.24) is 15.6 Å². The summed E-state index contributed by atoms with van der Waals surface area (Å²) in [4.78, 5) is 20.6. The first-order chi connectivity index (χ1) is 16.0. The summed E-state index contributed by atoms with van der Waals surface area (Å²) in [5, 5.41) is 7.59. The van der Waals surface area contributed by atoms with Gasteiger partial charge in [-0.3, -0.25) is 4.79 Å². The molecule has 33 heavy (non-hydrogen) atoms. The normalized spacial score (nSPS) is 27.2. The number of rotatable bonds is 7. The Balaban J connectivity index is 1.10. The zero-order chi connectivity index (χ0) is 22.6. The number of hydrogen-bond donors (Lipinski definition) is 2. The molecule has 2 atom stereocenters. The van der Waals surface area contributed by atoms with E-state index in [1.807, 2.05) is 30.5 Å². The van der Waals surface area contributed by atoms with Crippen molar-refractivity contribution in [3.8, 4) is 0 Å². The van der Waals surface area contributed by atoms with Crippen LogP contribution in [0, 0.1) is 0 Å². The second kappa shape index (κ2) is 8.05. The number of nitrogens with zero attached hydrogens (tertiary/aromatic N) is 2. The minimum atomic E-state index is -0.352. The van der Waals surface area contributed by atoms with Gasteiger partial charge in [-0.1, -0.05) is 30.3 Å². The zero-order valence-electron chi connectivity index (χ0n) is 18.9. The summed E-state index contributed by atoms with van der Waals surface area (Å²) >= 11 is 6.05. The van der Waals surface area contributed by atoms with Crippen molar-refractivity contribution >= 4 is 29.0 Å². The van der Waals surface area contributed by atoms with E-state index in [9.17, 15) is 4.79 Å². The lowest BCUT2D eigenvalue weighted by atomic mass is 9.92. The number of amides is 1. The topological polar surface area (TPSA) is 57.3 Å². The molecule has 2 bridgehead atoms. The molecule has 0 radical (unpaired) electrons. The Morgan fingerprint density at radius 2 is 1.67 bits per heavy atom. The van der Waals surface area contributed by atoms with Crippen molar-refractivity contribution in [2.24, 2.45) is 0 Å². The van der Waals surface area contributed by atoms with Gasteiger partial charge in [-0.2, -0.15) is 0 Å². The highest BCUT2D eigenvalue weighted by Gasteiger charge is 2.52. The molecular formula is C27H31ClN4O. The van der Waals surface area contributed by atoms with Crippen molar-refractivity contribution in [2.45, 2.75) is 80.9 Å². The maximum atomic E-state index is 13.3. The standard InChI is InChI=1S/C27H31ClN4O/c1-17(30-21-7-8-21)18-2-11-25(29-16-18)32-23-9-10-24(32)15-22(14-23)31-26(33)27(12-13-27)19-3-5-20(28)6-4-19/h2-6,11,16,21-24,30H,1,7-10,12-15H2,(H,31,33). The molecular weight excluding hydrogens is 432 g/mol. The number of benzene rings is 1. The summed E-state index contributed by atoms with van der Waals surface area (Å²) < 4.78 is 0. The van der Waals surface area contributed by atoms with Crippen LogP contribution in [0.1, 0.15) is 62.5 Å². The van der Waals surface area contributed by atoms with Gasteiger partial charge in [-0.15, -0.1) is 0 Å². The first-order valence-electron chi connectivity index (χ1n) is 12.3. The van der Waals surface area contributed by atoms with Crippen LogP contribution in [0.3, 0.4) is 0 Å². The number of piperidine rings is 1. The van der Waals surface area contributed by atoms with Crippen molar-refractivity contribution in [1.29, 1.82) is 0 Å². The lowest BCUT2D eigenvalue weighted by molar-refractivity contribution is -0.124. The highest BCUT2D eigenvalue weighted by molar-refractivity contribution is 6.30. The van der Waals surface area contributed by atoms with Crippen LogP contribution in [-0.2, 0) is 10.2 Å². The van der Waals surface area contributed by atoms with Gasteiger partial charge in [-0.05, 0) is 81.2 Å². The number of anilines is 1. The zero-order valence-corrected chi connectivity index (χ0v) is 19.7. The minimum Gasteiger partial charge on any atom is -0.382 e. The third-order valence-electron chi connectivity index (χ3n) is 7.97. The Labute approximate surface area is 200 Å². The van der Waals surface area contributed by atoms with E-state index < -0.39 is 0 Å². The lowest BCUT2D eigenvalue weighted by Gasteiger charge is -2.40. The first-order valence-corrected chi connectivity index (χ1v) is 12.7. The van der Waals surface area contributed by atoms with Gasteiger partial charge >= 0.3 is 0 Å². The highest BCUT2D eigenvalue weighted by atomic mass is 35.5. The second-order valence-electron chi connectivity index (χ2n) is 10.3. The number of pyridine rings is 1. The lowest BCUT2D eigenvalue weighted by Crippen LogP contribution is -2.52. The number of nitrogens with one attached hydrogen (secondary N) is 2. The predicted molar refractivity (Wildman–Crippen MR) is 132 cm³/mol. The van der Waals surface area contributed by atoms with E-state index in [2.05, 4.69) is 34.2 Å². The molecule has 3 heterocycles. The van der Waals surface area contributed by atoms with Crippen LogP contribution in [0.25, 0.3) is 5.70 Å². The van der Waals surface area contributed by atoms with Gasteiger partial charge in [-0.25, -0.2) is 4.98 Å². The van der Waals surface area contributed by atoms with Crippen molar-refractivity contribution in [3.05, 3.63) is 65.3 Å². The molecule has 5 nitrogen and oxygen atoms in total.